The van der Waals surface area contributed by atoms with Crippen molar-refractivity contribution in [3.63, 3.8) is 0 Å². The average Bonchev–Trinajstić information content (AvgIpc) is 3.38. The number of aliphatic carboxylic acids is 2. The summed E-state index contributed by atoms with van der Waals surface area (Å²) in [5, 5.41) is 18.5. The third kappa shape index (κ3) is 11.0. The van der Waals surface area contributed by atoms with E-state index in [4.69, 9.17) is 29.3 Å². The smallest absolute Gasteiger partial charge is 0.490 e. The number of carboxylic acids is 2. The Morgan fingerprint density at radius 2 is 1.48 bits per heavy atom. The first-order valence-corrected chi connectivity index (χ1v) is 11.9. The van der Waals surface area contributed by atoms with Crippen molar-refractivity contribution in [3.05, 3.63) is 47.8 Å². The minimum atomic E-state index is -5.08. The number of aromatic nitrogens is 2. The van der Waals surface area contributed by atoms with Gasteiger partial charge in [0.1, 0.15) is 5.75 Å². The molecule has 1 aromatic carbocycles. The van der Waals surface area contributed by atoms with Gasteiger partial charge in [-0.1, -0.05) is 12.1 Å². The van der Waals surface area contributed by atoms with Crippen molar-refractivity contribution in [1.82, 2.24) is 19.6 Å². The highest BCUT2D eigenvalue weighted by Crippen LogP contribution is 2.26. The van der Waals surface area contributed by atoms with Gasteiger partial charge in [-0.25, -0.2) is 9.59 Å². The number of halogens is 6. The van der Waals surface area contributed by atoms with E-state index in [9.17, 15) is 26.3 Å². The number of methoxy groups -OCH3 is 1. The zero-order valence-electron chi connectivity index (χ0n) is 21.7. The fourth-order valence-corrected chi connectivity index (χ4v) is 4.12. The Balaban J connectivity index is 0.000000333. The molecular weight excluding hydrogens is 554 g/mol. The molecule has 1 aromatic heterocycles. The number of rotatable bonds is 5. The van der Waals surface area contributed by atoms with E-state index < -0.39 is 24.3 Å². The number of alkyl halides is 6. The number of nitrogens with zero attached hydrogens (tertiary/aromatic N) is 4. The summed E-state index contributed by atoms with van der Waals surface area (Å²) in [7, 11) is 3.68. The fourth-order valence-electron chi connectivity index (χ4n) is 4.12. The molecule has 16 heteroatoms. The number of carbonyl (C=O) groups is 2. The van der Waals surface area contributed by atoms with E-state index in [0.717, 1.165) is 51.6 Å². The van der Waals surface area contributed by atoms with E-state index >= 15 is 0 Å². The average molecular weight is 585 g/mol. The summed E-state index contributed by atoms with van der Waals surface area (Å²) in [6, 6.07) is 8.39. The van der Waals surface area contributed by atoms with Gasteiger partial charge in [-0.2, -0.15) is 31.4 Å². The van der Waals surface area contributed by atoms with Crippen LogP contribution in [0.25, 0.3) is 0 Å². The first kappa shape index (κ1) is 32.8. The van der Waals surface area contributed by atoms with Gasteiger partial charge in [0.2, 0.25) is 0 Å². The van der Waals surface area contributed by atoms with Crippen LogP contribution in [0, 0.1) is 5.92 Å². The zero-order chi connectivity index (χ0) is 30.1. The maximum atomic E-state index is 10.6. The number of carboxylic acid groups (broad SMARTS) is 2. The second-order valence-electron chi connectivity index (χ2n) is 9.07. The van der Waals surface area contributed by atoms with E-state index in [1.165, 1.54) is 11.1 Å². The second-order valence-corrected chi connectivity index (χ2v) is 9.07. The lowest BCUT2D eigenvalue weighted by Crippen LogP contribution is -2.32. The second kappa shape index (κ2) is 14.3. The molecule has 0 bridgehead atoms. The van der Waals surface area contributed by atoms with Gasteiger partial charge < -0.3 is 19.7 Å². The summed E-state index contributed by atoms with van der Waals surface area (Å²) in [6.45, 7) is 6.97. The molecule has 0 radical (unpaired) electrons. The molecule has 2 saturated heterocycles. The molecule has 2 aromatic rings. The van der Waals surface area contributed by atoms with Gasteiger partial charge in [-0.15, -0.1) is 0 Å². The molecule has 224 valence electrons. The van der Waals surface area contributed by atoms with Crippen LogP contribution in [0.1, 0.15) is 11.1 Å². The van der Waals surface area contributed by atoms with Crippen LogP contribution in [0.4, 0.5) is 26.3 Å². The van der Waals surface area contributed by atoms with Crippen molar-refractivity contribution in [2.75, 3.05) is 39.9 Å². The molecule has 10 nitrogen and oxygen atoms in total. The third-order valence-corrected chi connectivity index (χ3v) is 5.90. The molecule has 40 heavy (non-hydrogen) atoms. The zero-order valence-corrected chi connectivity index (χ0v) is 21.7. The van der Waals surface area contributed by atoms with Crippen LogP contribution in [0.3, 0.4) is 0 Å². The molecule has 2 N–H and O–H groups in total. The van der Waals surface area contributed by atoms with E-state index in [-0.39, 0.29) is 0 Å². The lowest BCUT2D eigenvalue weighted by atomic mass is 10.1. The molecule has 3 heterocycles. The van der Waals surface area contributed by atoms with E-state index in [0.29, 0.717) is 12.0 Å². The maximum Gasteiger partial charge on any atom is 0.490 e. The molecule has 0 aliphatic carbocycles. The Labute approximate surface area is 225 Å². The van der Waals surface area contributed by atoms with Crippen LogP contribution in [0.2, 0.25) is 0 Å². The summed E-state index contributed by atoms with van der Waals surface area (Å²) in [6.07, 6.45) is -5.74. The highest BCUT2D eigenvalue weighted by atomic mass is 19.4. The lowest BCUT2D eigenvalue weighted by Gasteiger charge is -2.23. The Kier molecular flexibility index (Phi) is 11.8. The van der Waals surface area contributed by atoms with E-state index in [1.54, 1.807) is 7.11 Å². The number of hydrogen-bond acceptors (Lipinski definition) is 7. The van der Waals surface area contributed by atoms with Crippen LogP contribution in [0.15, 0.2) is 36.7 Å². The third-order valence-electron chi connectivity index (χ3n) is 5.90. The number of benzene rings is 1. The molecule has 2 aliphatic rings. The van der Waals surface area contributed by atoms with Gasteiger partial charge in [-0.3, -0.25) is 14.5 Å². The van der Waals surface area contributed by atoms with Crippen LogP contribution in [-0.4, -0.2) is 100 Å². The summed E-state index contributed by atoms with van der Waals surface area (Å²) < 4.78 is 76.8. The number of aryl methyl sites for hydroxylation is 1. The summed E-state index contributed by atoms with van der Waals surface area (Å²) in [5.41, 5.74) is 2.61. The molecule has 0 amide bonds. The SMILES string of the molecule is COc1ccc(CN2C[C@@H]3CN(Cc4cnn(C)c4)CCO[C@@H]3C2)cc1.O=C(O)C(F)(F)F.O=C(O)C(F)(F)F. The lowest BCUT2D eigenvalue weighted by molar-refractivity contribution is -0.193. The Hall–Kier alpha value is -3.37. The Morgan fingerprint density at radius 1 is 0.950 bits per heavy atom. The van der Waals surface area contributed by atoms with Gasteiger partial charge in [0, 0.05) is 64.0 Å². The first-order chi connectivity index (χ1) is 18.6. The predicted molar refractivity (Wildman–Crippen MR) is 127 cm³/mol. The number of ether oxygens (including phenoxy) is 2. The van der Waals surface area contributed by atoms with Gasteiger partial charge in [-0.05, 0) is 17.7 Å². The highest BCUT2D eigenvalue weighted by Gasteiger charge is 2.39. The first-order valence-electron chi connectivity index (χ1n) is 11.9. The van der Waals surface area contributed by atoms with Gasteiger partial charge >= 0.3 is 24.3 Å². The molecule has 2 fully saturated rings. The highest BCUT2D eigenvalue weighted by molar-refractivity contribution is 5.73. The topological polar surface area (TPSA) is 117 Å². The molecule has 4 rings (SSSR count). The monoisotopic (exact) mass is 584 g/mol. The number of fused-ring (bicyclic) bond motifs is 1. The summed E-state index contributed by atoms with van der Waals surface area (Å²) in [4.78, 5) is 22.8. The standard InChI is InChI=1S/C20H28N4O2.2C2HF3O2/c1-22-10-17(9-21-22)12-23-7-8-26-20-15-24(14-18(20)13-23)11-16-3-5-19(25-2)6-4-16;2*3-2(4,5)1(6)7/h3-6,9-10,18,20H,7-8,11-15H2,1-2H3;2*(H,6,7)/t18-,20+;;/m0../s1. The van der Waals surface area contributed by atoms with Crippen LogP contribution in [0.5, 0.6) is 5.75 Å². The molecule has 0 spiro atoms. The van der Waals surface area contributed by atoms with E-state index in [2.05, 4.69) is 33.2 Å². The normalized spacial score (nSPS) is 19.8. The largest absolute Gasteiger partial charge is 0.497 e. The maximum absolute atomic E-state index is 10.6. The quantitative estimate of drug-likeness (QED) is 0.512. The molecule has 2 aliphatic heterocycles. The van der Waals surface area contributed by atoms with Crippen LogP contribution < -0.4 is 4.74 Å². The fraction of sp³-hybridized carbons (Fsp3) is 0.542. The van der Waals surface area contributed by atoms with Crippen molar-refractivity contribution in [3.8, 4) is 5.75 Å². The molecule has 0 saturated carbocycles. The molecular formula is C24H30F6N4O6. The predicted octanol–water partition coefficient (Wildman–Crippen LogP) is 3.03. The van der Waals surface area contributed by atoms with Gasteiger partial charge in [0.15, 0.2) is 0 Å². The Bertz CT molecular complexity index is 1070. The number of hydrogen-bond donors (Lipinski definition) is 2. The summed E-state index contributed by atoms with van der Waals surface area (Å²) in [5.74, 6) is -4.03. The van der Waals surface area contributed by atoms with Crippen molar-refractivity contribution in [2.45, 2.75) is 31.5 Å². The Morgan fingerprint density at radius 3 is 1.95 bits per heavy atom. The van der Waals surface area contributed by atoms with Crippen LogP contribution >= 0.6 is 0 Å². The minimum absolute atomic E-state index is 0.354. The van der Waals surface area contributed by atoms with E-state index in [1.807, 2.05) is 30.1 Å². The molecule has 0 unspecified atom stereocenters. The number of likely N-dealkylation sites (tertiary alicyclic amines) is 1. The van der Waals surface area contributed by atoms with Gasteiger partial charge in [0.25, 0.3) is 0 Å². The van der Waals surface area contributed by atoms with Crippen molar-refractivity contribution in [2.24, 2.45) is 13.0 Å². The van der Waals surface area contributed by atoms with Crippen molar-refractivity contribution in [1.29, 1.82) is 0 Å². The van der Waals surface area contributed by atoms with Crippen LogP contribution in [-0.2, 0) is 34.5 Å². The van der Waals surface area contributed by atoms with Crippen molar-refractivity contribution < 1.29 is 55.6 Å². The molecule has 2 atom stereocenters. The van der Waals surface area contributed by atoms with Gasteiger partial charge in [0.05, 0.1) is 26.0 Å². The van der Waals surface area contributed by atoms with Crippen molar-refractivity contribution >= 4 is 11.9 Å². The summed E-state index contributed by atoms with van der Waals surface area (Å²) >= 11 is 0. The minimum Gasteiger partial charge on any atom is -0.497 e.